The van der Waals surface area contributed by atoms with Crippen LogP contribution in [0, 0.1) is 0 Å². The summed E-state index contributed by atoms with van der Waals surface area (Å²) in [5.74, 6) is 0.450. The fourth-order valence-electron chi connectivity index (χ4n) is 6.30. The molecule has 0 radical (unpaired) electrons. The van der Waals surface area contributed by atoms with Crippen LogP contribution in [0.4, 0.5) is 0 Å². The van der Waals surface area contributed by atoms with Crippen LogP contribution in [-0.4, -0.2) is 23.8 Å². The van der Waals surface area contributed by atoms with E-state index >= 15 is 0 Å². The van der Waals surface area contributed by atoms with Gasteiger partial charge < -0.3 is 10.3 Å². The first-order chi connectivity index (χ1) is 19.5. The summed E-state index contributed by atoms with van der Waals surface area (Å²) < 4.78 is 2.40. The number of rotatable bonds is 4. The van der Waals surface area contributed by atoms with Crippen molar-refractivity contribution in [1.82, 2.24) is 4.57 Å². The largest absolute Gasteiger partial charge is 0.383 e. The number of para-hydroxylation sites is 1. The Kier molecular flexibility index (Phi) is 5.46. The SMILES string of the molecule is CN=CN=C(N)c1cccc(-c2ccc3c(c2)c2cc4c(cc2n3-c2ccccc2)C(C)(C)c2ccccc2-4)c1. The van der Waals surface area contributed by atoms with E-state index in [0.717, 1.165) is 22.4 Å². The summed E-state index contributed by atoms with van der Waals surface area (Å²) >= 11 is 0. The van der Waals surface area contributed by atoms with Gasteiger partial charge in [-0.3, -0.25) is 4.99 Å². The van der Waals surface area contributed by atoms with Crippen LogP contribution >= 0.6 is 0 Å². The molecule has 1 heterocycles. The number of fused-ring (bicyclic) bond motifs is 6. The lowest BCUT2D eigenvalue weighted by Gasteiger charge is -2.21. The number of nitrogens with two attached hydrogens (primary N) is 1. The summed E-state index contributed by atoms with van der Waals surface area (Å²) in [4.78, 5) is 8.16. The Labute approximate surface area is 234 Å². The van der Waals surface area contributed by atoms with Crippen molar-refractivity contribution < 1.29 is 0 Å². The predicted octanol–water partition coefficient (Wildman–Crippen LogP) is 8.12. The van der Waals surface area contributed by atoms with Gasteiger partial charge in [-0.05, 0) is 75.8 Å². The lowest BCUT2D eigenvalue weighted by Crippen LogP contribution is -2.14. The van der Waals surface area contributed by atoms with E-state index in [4.69, 9.17) is 5.73 Å². The number of amidine groups is 1. The molecular formula is C36H30N4. The summed E-state index contributed by atoms with van der Waals surface area (Å²) in [7, 11) is 1.68. The van der Waals surface area contributed by atoms with Crippen molar-refractivity contribution >= 4 is 34.0 Å². The van der Waals surface area contributed by atoms with E-state index in [0.29, 0.717) is 5.84 Å². The smallest absolute Gasteiger partial charge is 0.132 e. The van der Waals surface area contributed by atoms with Crippen molar-refractivity contribution in [1.29, 1.82) is 0 Å². The van der Waals surface area contributed by atoms with Crippen molar-refractivity contribution in [3.8, 4) is 27.9 Å². The number of hydrogen-bond acceptors (Lipinski definition) is 1. The Balaban J connectivity index is 1.50. The molecule has 7 rings (SSSR count). The Morgan fingerprint density at radius 3 is 2.27 bits per heavy atom. The molecule has 1 aromatic heterocycles. The second kappa shape index (κ2) is 9.06. The van der Waals surface area contributed by atoms with E-state index in [1.165, 1.54) is 50.4 Å². The number of benzene rings is 5. The Bertz CT molecular complexity index is 1990. The monoisotopic (exact) mass is 518 g/mol. The molecule has 4 nitrogen and oxygen atoms in total. The van der Waals surface area contributed by atoms with E-state index in [2.05, 4.69) is 125 Å². The second-order valence-corrected chi connectivity index (χ2v) is 11.0. The second-order valence-electron chi connectivity index (χ2n) is 11.0. The van der Waals surface area contributed by atoms with Crippen molar-refractivity contribution in [2.24, 2.45) is 15.7 Å². The zero-order valence-corrected chi connectivity index (χ0v) is 22.9. The van der Waals surface area contributed by atoms with Gasteiger partial charge in [0.1, 0.15) is 12.2 Å². The highest BCUT2D eigenvalue weighted by Gasteiger charge is 2.36. The molecule has 0 saturated carbocycles. The maximum Gasteiger partial charge on any atom is 0.132 e. The van der Waals surface area contributed by atoms with Gasteiger partial charge in [0.05, 0.1) is 11.0 Å². The molecule has 0 saturated heterocycles. The lowest BCUT2D eigenvalue weighted by atomic mass is 9.82. The highest BCUT2D eigenvalue weighted by molar-refractivity contribution is 6.13. The van der Waals surface area contributed by atoms with Crippen molar-refractivity contribution in [2.75, 3.05) is 7.05 Å². The fourth-order valence-corrected chi connectivity index (χ4v) is 6.30. The van der Waals surface area contributed by atoms with Crippen molar-refractivity contribution in [3.63, 3.8) is 0 Å². The standard InChI is InChI=1S/C36H30N4/c1-36(2)31-15-8-7-14-27(31)28-20-30-29-19-24(23-10-9-11-25(18-23)35(37)39-22-38-3)16-17-33(29)40(34(30)21-32(28)36)26-12-5-4-6-13-26/h4-22H,1-3H3,(H2,37,38,39). The van der Waals surface area contributed by atoms with Crippen LogP contribution in [0.15, 0.2) is 119 Å². The molecule has 2 N–H and O–H groups in total. The molecule has 40 heavy (non-hydrogen) atoms. The predicted molar refractivity (Wildman–Crippen MR) is 169 cm³/mol. The van der Waals surface area contributed by atoms with E-state index < -0.39 is 0 Å². The zero-order chi connectivity index (χ0) is 27.4. The minimum absolute atomic E-state index is 0.0618. The summed E-state index contributed by atoms with van der Waals surface area (Å²) in [5, 5.41) is 2.48. The van der Waals surface area contributed by atoms with Gasteiger partial charge in [-0.25, -0.2) is 4.99 Å². The Morgan fingerprint density at radius 2 is 1.45 bits per heavy atom. The molecule has 0 unspecified atom stereocenters. The summed E-state index contributed by atoms with van der Waals surface area (Å²) in [6.45, 7) is 4.68. The average Bonchev–Trinajstić information content (AvgIpc) is 3.43. The summed E-state index contributed by atoms with van der Waals surface area (Å²) in [6.07, 6.45) is 1.48. The third kappa shape index (κ3) is 3.60. The molecule has 194 valence electrons. The average molecular weight is 519 g/mol. The van der Waals surface area contributed by atoms with E-state index in [-0.39, 0.29) is 5.41 Å². The minimum atomic E-state index is -0.0618. The molecule has 0 aliphatic heterocycles. The molecular weight excluding hydrogens is 488 g/mol. The first-order valence-electron chi connectivity index (χ1n) is 13.6. The molecule has 0 fully saturated rings. The maximum atomic E-state index is 6.23. The quantitative estimate of drug-likeness (QED) is 0.186. The van der Waals surface area contributed by atoms with Gasteiger partial charge in [0, 0.05) is 34.5 Å². The number of aliphatic imine (C=N–C) groups is 2. The molecule has 0 atom stereocenters. The van der Waals surface area contributed by atoms with E-state index in [1.54, 1.807) is 7.05 Å². The molecule has 0 amide bonds. The third-order valence-electron chi connectivity index (χ3n) is 8.29. The highest BCUT2D eigenvalue weighted by atomic mass is 15.0. The Hall–Kier alpha value is -4.96. The van der Waals surface area contributed by atoms with Gasteiger partial charge >= 0.3 is 0 Å². The zero-order valence-electron chi connectivity index (χ0n) is 22.9. The number of nitrogens with zero attached hydrogens (tertiary/aromatic N) is 3. The van der Waals surface area contributed by atoms with Crippen molar-refractivity contribution in [3.05, 3.63) is 126 Å². The van der Waals surface area contributed by atoms with Gasteiger partial charge in [-0.1, -0.05) is 80.6 Å². The molecule has 4 heteroatoms. The van der Waals surface area contributed by atoms with E-state index in [9.17, 15) is 0 Å². The maximum absolute atomic E-state index is 6.23. The van der Waals surface area contributed by atoms with Crippen LogP contribution in [0.5, 0.6) is 0 Å². The van der Waals surface area contributed by atoms with Crippen LogP contribution in [0.25, 0.3) is 49.7 Å². The van der Waals surface area contributed by atoms with Crippen LogP contribution in [0.3, 0.4) is 0 Å². The van der Waals surface area contributed by atoms with Gasteiger partial charge in [0.2, 0.25) is 0 Å². The fraction of sp³-hybridized carbons (Fsp3) is 0.111. The first-order valence-corrected chi connectivity index (χ1v) is 13.6. The minimum Gasteiger partial charge on any atom is -0.383 e. The topological polar surface area (TPSA) is 55.7 Å². The first kappa shape index (κ1) is 24.1. The van der Waals surface area contributed by atoms with Crippen LogP contribution < -0.4 is 5.73 Å². The summed E-state index contributed by atoms with van der Waals surface area (Å²) in [5.41, 5.74) is 18.3. The molecule has 0 spiro atoms. The molecule has 0 bridgehead atoms. The molecule has 6 aromatic rings. The van der Waals surface area contributed by atoms with Crippen molar-refractivity contribution in [2.45, 2.75) is 19.3 Å². The van der Waals surface area contributed by atoms with Gasteiger partial charge in [0.15, 0.2) is 0 Å². The van der Waals surface area contributed by atoms with Gasteiger partial charge in [0.25, 0.3) is 0 Å². The third-order valence-corrected chi connectivity index (χ3v) is 8.29. The lowest BCUT2D eigenvalue weighted by molar-refractivity contribution is 0.661. The Morgan fingerprint density at radius 1 is 0.700 bits per heavy atom. The van der Waals surface area contributed by atoms with Gasteiger partial charge in [-0.2, -0.15) is 0 Å². The molecule has 5 aromatic carbocycles. The van der Waals surface area contributed by atoms with Crippen LogP contribution in [0.1, 0.15) is 30.5 Å². The molecule has 1 aliphatic carbocycles. The number of aromatic nitrogens is 1. The highest BCUT2D eigenvalue weighted by Crippen LogP contribution is 2.51. The van der Waals surface area contributed by atoms with E-state index in [1.807, 2.05) is 12.1 Å². The number of hydrogen-bond donors (Lipinski definition) is 1. The molecule has 1 aliphatic rings. The van der Waals surface area contributed by atoms with Gasteiger partial charge in [-0.15, -0.1) is 0 Å². The normalized spacial score (nSPS) is 14.2. The van der Waals surface area contributed by atoms with Crippen LogP contribution in [-0.2, 0) is 5.41 Å². The van der Waals surface area contributed by atoms with Crippen LogP contribution in [0.2, 0.25) is 0 Å². The summed E-state index contributed by atoms with van der Waals surface area (Å²) in [6, 6.07) is 39.3.